The van der Waals surface area contributed by atoms with Crippen LogP contribution in [0.5, 0.6) is 0 Å². The molecule has 96 valence electrons. The molecule has 2 aromatic heterocycles. The van der Waals surface area contributed by atoms with Crippen LogP contribution in [0.3, 0.4) is 0 Å². The third kappa shape index (κ3) is 2.14. The van der Waals surface area contributed by atoms with E-state index in [0.717, 1.165) is 17.2 Å². The number of nitrogens with one attached hydrogen (secondary N) is 1. The zero-order valence-corrected chi connectivity index (χ0v) is 12.5. The molecule has 2 aromatic rings. The van der Waals surface area contributed by atoms with Gasteiger partial charge in [0.05, 0.1) is 6.20 Å². The molecule has 1 unspecified atom stereocenters. The van der Waals surface area contributed by atoms with Crippen LogP contribution in [0.25, 0.3) is 5.65 Å². The SMILES string of the molecule is CC(C)c1cc(NC2CC[SiH2]C2)n2nccc2n1. The monoisotopic (exact) mass is 260 g/mol. The molecule has 0 radical (unpaired) electrons. The van der Waals surface area contributed by atoms with Crippen LogP contribution in [0.15, 0.2) is 18.3 Å². The molecule has 1 saturated heterocycles. The zero-order valence-electron chi connectivity index (χ0n) is 11.1. The first-order chi connectivity index (χ1) is 8.74. The van der Waals surface area contributed by atoms with Crippen LogP contribution < -0.4 is 5.32 Å². The zero-order chi connectivity index (χ0) is 12.5. The number of hydrogen-bond acceptors (Lipinski definition) is 3. The molecule has 0 saturated carbocycles. The molecule has 3 rings (SSSR count). The molecule has 18 heavy (non-hydrogen) atoms. The van der Waals surface area contributed by atoms with E-state index in [1.54, 1.807) is 0 Å². The molecule has 3 heterocycles. The molecule has 0 spiro atoms. The molecule has 5 heteroatoms. The van der Waals surface area contributed by atoms with Crippen LogP contribution in [0.4, 0.5) is 5.82 Å². The van der Waals surface area contributed by atoms with Gasteiger partial charge in [0.1, 0.15) is 5.82 Å². The van der Waals surface area contributed by atoms with Crippen molar-refractivity contribution in [3.05, 3.63) is 24.0 Å². The van der Waals surface area contributed by atoms with Gasteiger partial charge in [-0.3, -0.25) is 0 Å². The maximum absolute atomic E-state index is 4.64. The highest BCUT2D eigenvalue weighted by atomic mass is 28.2. The molecule has 0 aromatic carbocycles. The predicted molar refractivity (Wildman–Crippen MR) is 77.3 cm³/mol. The summed E-state index contributed by atoms with van der Waals surface area (Å²) in [6, 6.07) is 7.67. The molecule has 0 aliphatic carbocycles. The van der Waals surface area contributed by atoms with Crippen molar-refractivity contribution in [3.63, 3.8) is 0 Å². The summed E-state index contributed by atoms with van der Waals surface area (Å²) in [5.74, 6) is 1.55. The Balaban J connectivity index is 1.99. The highest BCUT2D eigenvalue weighted by Gasteiger charge is 2.17. The van der Waals surface area contributed by atoms with Crippen molar-refractivity contribution < 1.29 is 0 Å². The maximum Gasteiger partial charge on any atom is 0.157 e. The van der Waals surface area contributed by atoms with Gasteiger partial charge in [0, 0.05) is 33.4 Å². The van der Waals surface area contributed by atoms with Crippen LogP contribution in [0, 0.1) is 0 Å². The fraction of sp³-hybridized carbons (Fsp3) is 0.538. The van der Waals surface area contributed by atoms with Gasteiger partial charge in [-0.15, -0.1) is 0 Å². The normalized spacial score (nSPS) is 21.2. The second kappa shape index (κ2) is 4.72. The Labute approximate surface area is 110 Å². The number of rotatable bonds is 3. The van der Waals surface area contributed by atoms with Gasteiger partial charge in [-0.1, -0.05) is 19.9 Å². The quantitative estimate of drug-likeness (QED) is 0.859. The number of hydrogen-bond donors (Lipinski definition) is 1. The molecule has 1 fully saturated rings. The average Bonchev–Trinajstić information content (AvgIpc) is 2.98. The molecular weight excluding hydrogens is 240 g/mol. The number of aromatic nitrogens is 3. The lowest BCUT2D eigenvalue weighted by Gasteiger charge is -2.16. The van der Waals surface area contributed by atoms with E-state index in [0.29, 0.717) is 12.0 Å². The molecule has 1 aliphatic rings. The van der Waals surface area contributed by atoms with E-state index in [1.807, 2.05) is 16.8 Å². The van der Waals surface area contributed by atoms with Crippen LogP contribution in [0.2, 0.25) is 12.1 Å². The summed E-state index contributed by atoms with van der Waals surface area (Å²) in [6.45, 7) is 4.36. The fourth-order valence-corrected chi connectivity index (χ4v) is 4.61. The largest absolute Gasteiger partial charge is 0.367 e. The first kappa shape index (κ1) is 11.7. The van der Waals surface area contributed by atoms with Gasteiger partial charge in [0.2, 0.25) is 0 Å². The lowest BCUT2D eigenvalue weighted by atomic mass is 10.1. The topological polar surface area (TPSA) is 42.2 Å². The minimum absolute atomic E-state index is 0.208. The van der Waals surface area contributed by atoms with E-state index < -0.39 is 0 Å². The molecular formula is C13H20N4Si. The Morgan fingerprint density at radius 1 is 1.50 bits per heavy atom. The van der Waals surface area contributed by atoms with Crippen molar-refractivity contribution in [2.24, 2.45) is 0 Å². The van der Waals surface area contributed by atoms with E-state index >= 15 is 0 Å². The van der Waals surface area contributed by atoms with Crippen LogP contribution in [-0.4, -0.2) is 30.2 Å². The van der Waals surface area contributed by atoms with Crippen molar-refractivity contribution in [2.75, 3.05) is 5.32 Å². The van der Waals surface area contributed by atoms with Crippen molar-refractivity contribution >= 4 is 21.0 Å². The maximum atomic E-state index is 4.64. The van der Waals surface area contributed by atoms with Crippen LogP contribution >= 0.6 is 0 Å². The van der Waals surface area contributed by atoms with E-state index in [4.69, 9.17) is 0 Å². The van der Waals surface area contributed by atoms with Crippen molar-refractivity contribution in [1.29, 1.82) is 0 Å². The number of fused-ring (bicyclic) bond motifs is 1. The lowest BCUT2D eigenvalue weighted by molar-refractivity contribution is 0.768. The fourth-order valence-electron chi connectivity index (χ4n) is 2.61. The van der Waals surface area contributed by atoms with Gasteiger partial charge in [-0.25, -0.2) is 4.98 Å². The summed E-state index contributed by atoms with van der Waals surface area (Å²) in [5.41, 5.74) is 2.08. The summed E-state index contributed by atoms with van der Waals surface area (Å²) in [6.07, 6.45) is 3.15. The minimum Gasteiger partial charge on any atom is -0.367 e. The summed E-state index contributed by atoms with van der Waals surface area (Å²) in [5, 5.41) is 8.02. The molecule has 0 bridgehead atoms. The minimum atomic E-state index is 0.208. The third-order valence-electron chi connectivity index (χ3n) is 3.68. The Hall–Kier alpha value is -1.36. The number of anilines is 1. The predicted octanol–water partition coefficient (Wildman–Crippen LogP) is 2.04. The van der Waals surface area contributed by atoms with E-state index in [2.05, 4.69) is 35.3 Å². The Morgan fingerprint density at radius 3 is 3.11 bits per heavy atom. The van der Waals surface area contributed by atoms with Crippen molar-refractivity contribution in [2.45, 2.75) is 44.3 Å². The lowest BCUT2D eigenvalue weighted by Crippen LogP contribution is -2.18. The van der Waals surface area contributed by atoms with E-state index in [9.17, 15) is 0 Å². The summed E-state index contributed by atoms with van der Waals surface area (Å²) in [4.78, 5) is 4.64. The second-order valence-corrected chi connectivity index (χ2v) is 7.44. The molecule has 1 N–H and O–H groups in total. The van der Waals surface area contributed by atoms with Crippen molar-refractivity contribution in [3.8, 4) is 0 Å². The Kier molecular flexibility index (Phi) is 3.07. The van der Waals surface area contributed by atoms with E-state index in [1.165, 1.54) is 18.5 Å². The summed E-state index contributed by atoms with van der Waals surface area (Å²) < 4.78 is 1.92. The summed E-state index contributed by atoms with van der Waals surface area (Å²) in [7, 11) is 0.208. The Bertz CT molecular complexity index is 543. The Morgan fingerprint density at radius 2 is 2.39 bits per heavy atom. The average molecular weight is 260 g/mol. The standard InChI is InChI=1S/C13H20N4Si/c1-9(2)11-7-13(15-10-4-6-18-8-10)17-12(16-11)3-5-14-17/h3,5,7,9-10,15H,4,6,8,18H2,1-2H3. The third-order valence-corrected chi connectivity index (χ3v) is 5.69. The van der Waals surface area contributed by atoms with Crippen LogP contribution in [-0.2, 0) is 0 Å². The van der Waals surface area contributed by atoms with Crippen molar-refractivity contribution in [1.82, 2.24) is 14.6 Å². The highest BCUT2D eigenvalue weighted by Crippen LogP contribution is 2.22. The van der Waals surface area contributed by atoms with Crippen LogP contribution in [0.1, 0.15) is 31.9 Å². The molecule has 0 amide bonds. The molecule has 1 aliphatic heterocycles. The first-order valence-corrected chi connectivity index (χ1v) is 8.85. The van der Waals surface area contributed by atoms with Gasteiger partial charge in [-0.05, 0) is 18.4 Å². The summed E-state index contributed by atoms with van der Waals surface area (Å²) >= 11 is 0. The van der Waals surface area contributed by atoms with Gasteiger partial charge >= 0.3 is 0 Å². The van der Waals surface area contributed by atoms with Gasteiger partial charge < -0.3 is 5.32 Å². The van der Waals surface area contributed by atoms with Gasteiger partial charge in [-0.2, -0.15) is 9.61 Å². The smallest absolute Gasteiger partial charge is 0.157 e. The molecule has 4 nitrogen and oxygen atoms in total. The van der Waals surface area contributed by atoms with E-state index in [-0.39, 0.29) is 9.52 Å². The first-order valence-electron chi connectivity index (χ1n) is 6.85. The second-order valence-electron chi connectivity index (χ2n) is 5.45. The highest BCUT2D eigenvalue weighted by molar-refractivity contribution is 6.36. The van der Waals surface area contributed by atoms with Gasteiger partial charge in [0.15, 0.2) is 5.65 Å². The number of nitrogens with zero attached hydrogens (tertiary/aromatic N) is 3. The van der Waals surface area contributed by atoms with Gasteiger partial charge in [0.25, 0.3) is 0 Å². The molecule has 1 atom stereocenters.